The van der Waals surface area contributed by atoms with Crippen LogP contribution in [0.5, 0.6) is 11.5 Å². The highest BCUT2D eigenvalue weighted by molar-refractivity contribution is 5.42. The topological polar surface area (TPSA) is 35.2 Å². The number of benzene rings is 2. The van der Waals surface area contributed by atoms with Gasteiger partial charge < -0.3 is 10.5 Å². The second-order valence-corrected chi connectivity index (χ2v) is 5.16. The molecule has 0 fully saturated rings. The molecule has 0 saturated carbocycles. The molecule has 0 radical (unpaired) electrons. The summed E-state index contributed by atoms with van der Waals surface area (Å²) in [5.74, 6) is 1.81. The summed E-state index contributed by atoms with van der Waals surface area (Å²) in [7, 11) is 0. The number of hydrogen-bond donors (Lipinski definition) is 1. The minimum atomic E-state index is 0.128. The van der Waals surface area contributed by atoms with Crippen molar-refractivity contribution in [3.8, 4) is 11.5 Å². The van der Waals surface area contributed by atoms with Gasteiger partial charge >= 0.3 is 0 Å². The van der Waals surface area contributed by atoms with E-state index in [4.69, 9.17) is 10.5 Å². The lowest BCUT2D eigenvalue weighted by Gasteiger charge is -2.14. The standard InChI is InChI=1S/C17H21NO/c1-12-8-9-13(2)17(10-12)19-16-7-5-4-6-15(16)11-14(3)18/h4-10,14H,11,18H2,1-3H3. The van der Waals surface area contributed by atoms with E-state index in [9.17, 15) is 0 Å². The first-order valence-corrected chi connectivity index (χ1v) is 6.65. The van der Waals surface area contributed by atoms with Crippen molar-refractivity contribution in [2.24, 2.45) is 5.73 Å². The number of ether oxygens (including phenoxy) is 1. The Hall–Kier alpha value is -1.80. The lowest BCUT2D eigenvalue weighted by Crippen LogP contribution is -2.18. The van der Waals surface area contributed by atoms with E-state index >= 15 is 0 Å². The van der Waals surface area contributed by atoms with Crippen molar-refractivity contribution >= 4 is 0 Å². The minimum Gasteiger partial charge on any atom is -0.457 e. The van der Waals surface area contributed by atoms with Crippen LogP contribution in [0.2, 0.25) is 0 Å². The first-order valence-electron chi connectivity index (χ1n) is 6.65. The molecule has 1 unspecified atom stereocenters. The normalized spacial score (nSPS) is 12.2. The lowest BCUT2D eigenvalue weighted by molar-refractivity contribution is 0.470. The molecule has 100 valence electrons. The molecule has 1 atom stereocenters. The average molecular weight is 255 g/mol. The minimum absolute atomic E-state index is 0.128. The second kappa shape index (κ2) is 5.89. The van der Waals surface area contributed by atoms with Crippen LogP contribution in [0.15, 0.2) is 42.5 Å². The van der Waals surface area contributed by atoms with E-state index in [0.29, 0.717) is 0 Å². The first-order chi connectivity index (χ1) is 9.06. The van der Waals surface area contributed by atoms with E-state index in [1.807, 2.05) is 25.1 Å². The molecule has 2 aromatic rings. The van der Waals surface area contributed by atoms with Gasteiger partial charge in [0.15, 0.2) is 0 Å². The van der Waals surface area contributed by atoms with E-state index in [2.05, 4.69) is 38.1 Å². The van der Waals surface area contributed by atoms with Crippen molar-refractivity contribution in [2.75, 3.05) is 0 Å². The van der Waals surface area contributed by atoms with Crippen LogP contribution in [0.3, 0.4) is 0 Å². The van der Waals surface area contributed by atoms with Crippen LogP contribution in [0.4, 0.5) is 0 Å². The van der Waals surface area contributed by atoms with Crippen molar-refractivity contribution in [2.45, 2.75) is 33.2 Å². The number of para-hydroxylation sites is 1. The zero-order valence-electron chi connectivity index (χ0n) is 11.8. The van der Waals surface area contributed by atoms with Gasteiger partial charge in [0.05, 0.1) is 0 Å². The highest BCUT2D eigenvalue weighted by Crippen LogP contribution is 2.29. The summed E-state index contributed by atoms with van der Waals surface area (Å²) in [4.78, 5) is 0. The predicted molar refractivity (Wildman–Crippen MR) is 79.8 cm³/mol. The first kappa shape index (κ1) is 13.6. The summed E-state index contributed by atoms with van der Waals surface area (Å²) in [6.07, 6.45) is 0.820. The Morgan fingerprint density at radius 3 is 2.53 bits per heavy atom. The summed E-state index contributed by atoms with van der Waals surface area (Å²) < 4.78 is 6.07. The summed E-state index contributed by atoms with van der Waals surface area (Å²) in [5.41, 5.74) is 9.38. The molecule has 2 rings (SSSR count). The quantitative estimate of drug-likeness (QED) is 0.896. The summed E-state index contributed by atoms with van der Waals surface area (Å²) >= 11 is 0. The van der Waals surface area contributed by atoms with Crippen LogP contribution in [0, 0.1) is 13.8 Å². The zero-order chi connectivity index (χ0) is 13.8. The molecule has 2 aromatic carbocycles. The third kappa shape index (κ3) is 3.58. The summed E-state index contributed by atoms with van der Waals surface area (Å²) in [5, 5.41) is 0. The molecule has 0 heterocycles. The number of hydrogen-bond acceptors (Lipinski definition) is 2. The van der Waals surface area contributed by atoms with Gasteiger partial charge in [0.1, 0.15) is 11.5 Å². The molecule has 2 N–H and O–H groups in total. The van der Waals surface area contributed by atoms with Gasteiger partial charge in [-0.25, -0.2) is 0 Å². The Morgan fingerprint density at radius 2 is 1.79 bits per heavy atom. The van der Waals surface area contributed by atoms with Gasteiger partial charge in [0, 0.05) is 6.04 Å². The lowest BCUT2D eigenvalue weighted by atomic mass is 10.1. The van der Waals surface area contributed by atoms with Crippen LogP contribution < -0.4 is 10.5 Å². The van der Waals surface area contributed by atoms with Crippen LogP contribution >= 0.6 is 0 Å². The summed E-state index contributed by atoms with van der Waals surface area (Å²) in [6.45, 7) is 6.14. The Labute approximate surface area is 115 Å². The fraction of sp³-hybridized carbons (Fsp3) is 0.294. The van der Waals surface area contributed by atoms with Gasteiger partial charge in [-0.05, 0) is 56.0 Å². The average Bonchev–Trinajstić information content (AvgIpc) is 2.35. The van der Waals surface area contributed by atoms with Gasteiger partial charge in [-0.15, -0.1) is 0 Å². The van der Waals surface area contributed by atoms with E-state index in [0.717, 1.165) is 29.0 Å². The summed E-state index contributed by atoms with van der Waals surface area (Å²) in [6, 6.07) is 14.5. The van der Waals surface area contributed by atoms with E-state index < -0.39 is 0 Å². The molecule has 2 nitrogen and oxygen atoms in total. The molecule has 19 heavy (non-hydrogen) atoms. The van der Waals surface area contributed by atoms with E-state index in [1.54, 1.807) is 0 Å². The molecule has 0 bridgehead atoms. The number of aryl methyl sites for hydroxylation is 2. The largest absolute Gasteiger partial charge is 0.457 e. The highest BCUT2D eigenvalue weighted by Gasteiger charge is 2.08. The molecule has 0 aliphatic heterocycles. The number of nitrogens with two attached hydrogens (primary N) is 1. The fourth-order valence-corrected chi connectivity index (χ4v) is 2.05. The number of rotatable bonds is 4. The Balaban J connectivity index is 2.30. The van der Waals surface area contributed by atoms with Crippen LogP contribution in [-0.2, 0) is 6.42 Å². The molecule has 0 aliphatic carbocycles. The molecule has 2 heteroatoms. The van der Waals surface area contributed by atoms with Gasteiger partial charge in [-0.1, -0.05) is 30.3 Å². The molecular formula is C17H21NO. The van der Waals surface area contributed by atoms with Gasteiger partial charge in [0.2, 0.25) is 0 Å². The highest BCUT2D eigenvalue weighted by atomic mass is 16.5. The molecule has 0 spiro atoms. The van der Waals surface area contributed by atoms with Gasteiger partial charge in [0.25, 0.3) is 0 Å². The van der Waals surface area contributed by atoms with Crippen molar-refractivity contribution in [1.82, 2.24) is 0 Å². The third-order valence-electron chi connectivity index (χ3n) is 3.08. The van der Waals surface area contributed by atoms with E-state index in [-0.39, 0.29) is 6.04 Å². The molecular weight excluding hydrogens is 234 g/mol. The monoisotopic (exact) mass is 255 g/mol. The fourth-order valence-electron chi connectivity index (χ4n) is 2.05. The SMILES string of the molecule is Cc1ccc(C)c(Oc2ccccc2CC(C)N)c1. The Kier molecular flexibility index (Phi) is 4.23. The molecule has 0 aromatic heterocycles. The third-order valence-corrected chi connectivity index (χ3v) is 3.08. The zero-order valence-corrected chi connectivity index (χ0v) is 11.8. The van der Waals surface area contributed by atoms with Crippen molar-refractivity contribution in [1.29, 1.82) is 0 Å². The smallest absolute Gasteiger partial charge is 0.130 e. The van der Waals surface area contributed by atoms with Gasteiger partial charge in [-0.2, -0.15) is 0 Å². The molecule has 0 amide bonds. The Bertz CT molecular complexity index is 561. The van der Waals surface area contributed by atoms with Crippen molar-refractivity contribution in [3.05, 3.63) is 59.2 Å². The van der Waals surface area contributed by atoms with E-state index in [1.165, 1.54) is 5.56 Å². The Morgan fingerprint density at radius 1 is 1.05 bits per heavy atom. The van der Waals surface area contributed by atoms with Crippen molar-refractivity contribution in [3.63, 3.8) is 0 Å². The second-order valence-electron chi connectivity index (χ2n) is 5.16. The maximum Gasteiger partial charge on any atom is 0.130 e. The van der Waals surface area contributed by atoms with Crippen molar-refractivity contribution < 1.29 is 4.74 Å². The van der Waals surface area contributed by atoms with Crippen LogP contribution in [-0.4, -0.2) is 6.04 Å². The molecule has 0 aliphatic rings. The van der Waals surface area contributed by atoms with Crippen LogP contribution in [0.25, 0.3) is 0 Å². The predicted octanol–water partition coefficient (Wildman–Crippen LogP) is 3.99. The van der Waals surface area contributed by atoms with Crippen LogP contribution in [0.1, 0.15) is 23.6 Å². The maximum atomic E-state index is 6.07. The molecule has 0 saturated heterocycles. The van der Waals surface area contributed by atoms with Gasteiger partial charge in [-0.3, -0.25) is 0 Å². The maximum absolute atomic E-state index is 6.07.